The third kappa shape index (κ3) is 3.81. The molecule has 1 aromatic carbocycles. The molecule has 0 unspecified atom stereocenters. The lowest BCUT2D eigenvalue weighted by atomic mass is 9.85. The number of anilines is 1. The number of hydrogen-bond acceptors (Lipinski definition) is 6. The molecule has 180 valence electrons. The van der Waals surface area contributed by atoms with Gasteiger partial charge in [0.05, 0.1) is 31.7 Å². The minimum atomic E-state index is -1.88. The number of hydrogen-bond donors (Lipinski definition) is 3. The van der Waals surface area contributed by atoms with Crippen LogP contribution >= 0.6 is 0 Å². The number of aryl methyl sites for hydroxylation is 1. The third-order valence-corrected chi connectivity index (χ3v) is 6.08. The quantitative estimate of drug-likeness (QED) is 0.375. The molecule has 9 nitrogen and oxygen atoms in total. The first-order chi connectivity index (χ1) is 16.2. The minimum absolute atomic E-state index is 0.0879. The maximum atomic E-state index is 15.2. The van der Waals surface area contributed by atoms with E-state index in [1.54, 1.807) is 11.7 Å². The molecule has 1 amide bonds. The van der Waals surface area contributed by atoms with Crippen molar-refractivity contribution in [3.63, 3.8) is 0 Å². The number of carbonyl (C=O) groups is 1. The molecular weight excluding hydrogens is 448 g/mol. The highest BCUT2D eigenvalue weighted by atomic mass is 19.1. The van der Waals surface area contributed by atoms with Gasteiger partial charge in [0.1, 0.15) is 17.0 Å². The largest absolute Gasteiger partial charge is 0.494 e. The standard InChI is InChI=1S/C23H25F2N5O4/c1-5-17(31)27-14-11-26-30(2)22(14)21-12-7-6-8-23(32,10-13(12)28-29-21)18-19(24)15(33-3)9-16(34-4)20(18)25/h5,9,11,32H,1,6-8,10H2,2-4H3,(H,27,31)(H,28,29)/t23-/m1/s1. The monoisotopic (exact) mass is 473 g/mol. The fourth-order valence-corrected chi connectivity index (χ4v) is 4.45. The second-order valence-electron chi connectivity index (χ2n) is 8.10. The fraction of sp³-hybridized carbons (Fsp3) is 0.348. The second-order valence-corrected chi connectivity index (χ2v) is 8.10. The highest BCUT2D eigenvalue weighted by molar-refractivity contribution is 6.01. The molecule has 0 saturated heterocycles. The van der Waals surface area contributed by atoms with Crippen LogP contribution in [0.1, 0.15) is 29.7 Å². The maximum absolute atomic E-state index is 15.2. The van der Waals surface area contributed by atoms with E-state index in [1.165, 1.54) is 20.4 Å². The molecule has 1 aliphatic carbocycles. The van der Waals surface area contributed by atoms with E-state index in [9.17, 15) is 9.90 Å². The van der Waals surface area contributed by atoms with Gasteiger partial charge in [0.25, 0.3) is 0 Å². The summed E-state index contributed by atoms with van der Waals surface area (Å²) in [6, 6.07) is 1.11. The van der Waals surface area contributed by atoms with Crippen LogP contribution in [0, 0.1) is 11.6 Å². The lowest BCUT2D eigenvalue weighted by Gasteiger charge is -2.29. The summed E-state index contributed by atoms with van der Waals surface area (Å²) in [7, 11) is 4.22. The van der Waals surface area contributed by atoms with Crippen LogP contribution in [0.15, 0.2) is 24.9 Å². The first kappa shape index (κ1) is 23.4. The van der Waals surface area contributed by atoms with Gasteiger partial charge in [-0.15, -0.1) is 0 Å². The molecule has 0 bridgehead atoms. The van der Waals surface area contributed by atoms with Crippen molar-refractivity contribution in [1.82, 2.24) is 20.0 Å². The number of halogens is 2. The number of aromatic nitrogens is 4. The van der Waals surface area contributed by atoms with Crippen LogP contribution in [0.3, 0.4) is 0 Å². The zero-order valence-corrected chi connectivity index (χ0v) is 19.0. The van der Waals surface area contributed by atoms with E-state index in [0.29, 0.717) is 35.6 Å². The molecule has 4 rings (SSSR count). The van der Waals surface area contributed by atoms with Crippen molar-refractivity contribution >= 4 is 11.6 Å². The number of ether oxygens (including phenoxy) is 2. The van der Waals surface area contributed by atoms with E-state index in [-0.39, 0.29) is 24.3 Å². The summed E-state index contributed by atoms with van der Waals surface area (Å²) in [6.45, 7) is 3.45. The topological polar surface area (TPSA) is 114 Å². The van der Waals surface area contributed by atoms with Crippen LogP contribution in [0.5, 0.6) is 11.5 Å². The number of fused-ring (bicyclic) bond motifs is 1. The van der Waals surface area contributed by atoms with Crippen LogP contribution in [0.4, 0.5) is 14.5 Å². The highest BCUT2D eigenvalue weighted by Gasteiger charge is 2.41. The van der Waals surface area contributed by atoms with Crippen molar-refractivity contribution in [2.45, 2.75) is 31.3 Å². The molecule has 0 aliphatic heterocycles. The lowest BCUT2D eigenvalue weighted by Crippen LogP contribution is -2.31. The molecule has 2 heterocycles. The first-order valence-electron chi connectivity index (χ1n) is 10.6. The minimum Gasteiger partial charge on any atom is -0.494 e. The number of carbonyl (C=O) groups excluding carboxylic acids is 1. The number of benzene rings is 1. The SMILES string of the molecule is C=CC(=O)Nc1cnn(C)c1-c1n[nH]c2c1CCC[C@](O)(c1c(F)c(OC)cc(OC)c1F)C2. The van der Waals surface area contributed by atoms with Crippen molar-refractivity contribution in [2.75, 3.05) is 19.5 Å². The average molecular weight is 473 g/mol. The van der Waals surface area contributed by atoms with E-state index >= 15 is 8.78 Å². The Kier molecular flexibility index (Phi) is 6.13. The van der Waals surface area contributed by atoms with E-state index in [2.05, 4.69) is 27.2 Å². The number of H-pyrrole nitrogens is 1. The number of nitrogens with zero attached hydrogens (tertiary/aromatic N) is 3. The van der Waals surface area contributed by atoms with Gasteiger partial charge in [0.15, 0.2) is 23.1 Å². The number of methoxy groups -OCH3 is 2. The summed E-state index contributed by atoms with van der Waals surface area (Å²) < 4.78 is 42.1. The van der Waals surface area contributed by atoms with E-state index < -0.39 is 28.7 Å². The molecule has 0 fully saturated rings. The maximum Gasteiger partial charge on any atom is 0.247 e. The summed E-state index contributed by atoms with van der Waals surface area (Å²) >= 11 is 0. The van der Waals surface area contributed by atoms with Gasteiger partial charge in [-0.1, -0.05) is 6.58 Å². The summed E-state index contributed by atoms with van der Waals surface area (Å²) in [6.07, 6.45) is 3.51. The van der Waals surface area contributed by atoms with Gasteiger partial charge in [0, 0.05) is 30.8 Å². The molecule has 34 heavy (non-hydrogen) atoms. The zero-order chi connectivity index (χ0) is 24.6. The molecular formula is C23H25F2N5O4. The van der Waals surface area contributed by atoms with Crippen molar-refractivity contribution in [3.8, 4) is 22.9 Å². The van der Waals surface area contributed by atoms with Gasteiger partial charge in [-0.3, -0.25) is 14.6 Å². The van der Waals surface area contributed by atoms with Gasteiger partial charge in [-0.05, 0) is 25.3 Å². The number of amides is 1. The van der Waals surface area contributed by atoms with Crippen LogP contribution in [-0.2, 0) is 30.3 Å². The summed E-state index contributed by atoms with van der Waals surface area (Å²) in [5.41, 5.74) is 0.434. The third-order valence-electron chi connectivity index (χ3n) is 6.08. The molecule has 0 saturated carbocycles. The Morgan fingerprint density at radius 1 is 1.32 bits per heavy atom. The summed E-state index contributed by atoms with van der Waals surface area (Å²) in [4.78, 5) is 11.8. The fourth-order valence-electron chi connectivity index (χ4n) is 4.45. The van der Waals surface area contributed by atoms with E-state index in [1.807, 2.05) is 0 Å². The van der Waals surface area contributed by atoms with Gasteiger partial charge in [0.2, 0.25) is 5.91 Å². The Labute approximate surface area is 194 Å². The predicted octanol–water partition coefficient (Wildman–Crippen LogP) is 3.00. The zero-order valence-electron chi connectivity index (χ0n) is 19.0. The molecule has 0 radical (unpaired) electrons. The Morgan fingerprint density at radius 3 is 2.62 bits per heavy atom. The normalized spacial score (nSPS) is 17.6. The molecule has 0 spiro atoms. The average Bonchev–Trinajstić information content (AvgIpc) is 3.30. The lowest BCUT2D eigenvalue weighted by molar-refractivity contribution is -0.111. The molecule has 3 aromatic rings. The highest BCUT2D eigenvalue weighted by Crippen LogP contribution is 2.44. The van der Waals surface area contributed by atoms with Crippen molar-refractivity contribution in [2.24, 2.45) is 7.05 Å². The number of aliphatic hydroxyl groups is 1. The van der Waals surface area contributed by atoms with Gasteiger partial charge in [-0.25, -0.2) is 8.78 Å². The molecule has 2 aromatic heterocycles. The Balaban J connectivity index is 1.79. The molecule has 1 aliphatic rings. The van der Waals surface area contributed by atoms with Crippen LogP contribution in [0.2, 0.25) is 0 Å². The van der Waals surface area contributed by atoms with Crippen LogP contribution in [-0.4, -0.2) is 45.2 Å². The Hall–Kier alpha value is -3.73. The predicted molar refractivity (Wildman–Crippen MR) is 120 cm³/mol. The van der Waals surface area contributed by atoms with Crippen molar-refractivity contribution in [3.05, 3.63) is 53.4 Å². The summed E-state index contributed by atoms with van der Waals surface area (Å²) in [5.74, 6) is -2.81. The second kappa shape index (κ2) is 8.90. The molecule has 3 N–H and O–H groups in total. The van der Waals surface area contributed by atoms with E-state index in [0.717, 1.165) is 17.7 Å². The van der Waals surface area contributed by atoms with Gasteiger partial charge < -0.3 is 19.9 Å². The molecule has 11 heteroatoms. The number of aromatic amines is 1. The first-order valence-corrected chi connectivity index (χ1v) is 10.6. The van der Waals surface area contributed by atoms with Crippen LogP contribution in [0.25, 0.3) is 11.4 Å². The Morgan fingerprint density at radius 2 is 2.00 bits per heavy atom. The Bertz CT molecular complexity index is 1240. The van der Waals surface area contributed by atoms with Crippen LogP contribution < -0.4 is 14.8 Å². The van der Waals surface area contributed by atoms with Gasteiger partial charge in [-0.2, -0.15) is 10.2 Å². The smallest absolute Gasteiger partial charge is 0.247 e. The van der Waals surface area contributed by atoms with Crippen molar-refractivity contribution < 1.29 is 28.2 Å². The summed E-state index contributed by atoms with van der Waals surface area (Å²) in [5, 5.41) is 25.8. The van der Waals surface area contributed by atoms with E-state index in [4.69, 9.17) is 9.47 Å². The van der Waals surface area contributed by atoms with Crippen molar-refractivity contribution in [1.29, 1.82) is 0 Å². The van der Waals surface area contributed by atoms with Gasteiger partial charge >= 0.3 is 0 Å². The number of rotatable bonds is 6. The number of nitrogens with one attached hydrogen (secondary N) is 2. The molecule has 1 atom stereocenters.